The molecule has 12 heavy (non-hydrogen) atoms. The SMILES string of the molecule is COC(=O)C(C)c1c[nH]nc1O. The van der Waals surface area contributed by atoms with Gasteiger partial charge in [0.05, 0.1) is 13.0 Å². The van der Waals surface area contributed by atoms with Crippen molar-refractivity contribution in [2.24, 2.45) is 0 Å². The van der Waals surface area contributed by atoms with E-state index < -0.39 is 11.9 Å². The maximum absolute atomic E-state index is 11.0. The minimum atomic E-state index is -0.492. The summed E-state index contributed by atoms with van der Waals surface area (Å²) in [4.78, 5) is 11.0. The molecule has 5 heteroatoms. The second-order valence-corrected chi connectivity index (χ2v) is 2.41. The molecule has 1 aromatic rings. The van der Waals surface area contributed by atoms with Crippen LogP contribution in [0.5, 0.6) is 5.88 Å². The highest BCUT2D eigenvalue weighted by atomic mass is 16.5. The molecule has 0 aromatic carbocycles. The molecule has 0 radical (unpaired) electrons. The van der Waals surface area contributed by atoms with Crippen molar-refractivity contribution < 1.29 is 14.6 Å². The number of hydrogen-bond acceptors (Lipinski definition) is 4. The molecule has 0 fully saturated rings. The lowest BCUT2D eigenvalue weighted by molar-refractivity contribution is -0.142. The second-order valence-electron chi connectivity index (χ2n) is 2.41. The molecule has 0 spiro atoms. The molecule has 0 aliphatic heterocycles. The molecule has 0 aliphatic rings. The van der Waals surface area contributed by atoms with Gasteiger partial charge in [0.15, 0.2) is 0 Å². The van der Waals surface area contributed by atoms with Crippen LogP contribution in [0, 0.1) is 0 Å². The summed E-state index contributed by atoms with van der Waals surface area (Å²) in [6.07, 6.45) is 1.47. The summed E-state index contributed by atoms with van der Waals surface area (Å²) in [6, 6.07) is 0. The molecule has 2 N–H and O–H groups in total. The van der Waals surface area contributed by atoms with E-state index in [1.807, 2.05) is 0 Å². The quantitative estimate of drug-likeness (QED) is 0.629. The molecule has 0 saturated heterocycles. The third-order valence-electron chi connectivity index (χ3n) is 1.67. The van der Waals surface area contributed by atoms with Crippen LogP contribution >= 0.6 is 0 Å². The standard InChI is InChI=1S/C7H10N2O3/c1-4(7(11)12-2)5-3-8-9-6(5)10/h3-4H,1-2H3,(H2,8,9,10). The van der Waals surface area contributed by atoms with Crippen LogP contribution in [0.25, 0.3) is 0 Å². The Balaban J connectivity index is 2.84. The maximum atomic E-state index is 11.0. The molecule has 0 amide bonds. The van der Waals surface area contributed by atoms with Crippen molar-refractivity contribution in [2.75, 3.05) is 7.11 Å². The number of H-pyrrole nitrogens is 1. The number of carbonyl (C=O) groups excluding carboxylic acids is 1. The van der Waals surface area contributed by atoms with E-state index in [9.17, 15) is 4.79 Å². The van der Waals surface area contributed by atoms with E-state index in [0.717, 1.165) is 0 Å². The van der Waals surface area contributed by atoms with Gasteiger partial charge in [0, 0.05) is 11.8 Å². The van der Waals surface area contributed by atoms with Gasteiger partial charge in [-0.05, 0) is 6.92 Å². The summed E-state index contributed by atoms with van der Waals surface area (Å²) in [7, 11) is 1.30. The lowest BCUT2D eigenvalue weighted by Crippen LogP contribution is -2.10. The van der Waals surface area contributed by atoms with Crippen LogP contribution < -0.4 is 0 Å². The van der Waals surface area contributed by atoms with E-state index >= 15 is 0 Å². The van der Waals surface area contributed by atoms with Crippen LogP contribution in [-0.2, 0) is 9.53 Å². The molecule has 1 rings (SSSR count). The van der Waals surface area contributed by atoms with Gasteiger partial charge < -0.3 is 9.84 Å². The van der Waals surface area contributed by atoms with Crippen molar-refractivity contribution in [3.8, 4) is 5.88 Å². The molecule has 0 aliphatic carbocycles. The molecule has 5 nitrogen and oxygen atoms in total. The number of carbonyl (C=O) groups is 1. The number of aromatic amines is 1. The lowest BCUT2D eigenvalue weighted by atomic mass is 10.1. The van der Waals surface area contributed by atoms with Crippen LogP contribution in [0.1, 0.15) is 18.4 Å². The summed E-state index contributed by atoms with van der Waals surface area (Å²) in [5.74, 6) is -1.05. The molecular weight excluding hydrogens is 160 g/mol. The maximum Gasteiger partial charge on any atom is 0.313 e. The highest BCUT2D eigenvalue weighted by Crippen LogP contribution is 2.23. The second kappa shape index (κ2) is 3.25. The molecule has 66 valence electrons. The van der Waals surface area contributed by atoms with Crippen molar-refractivity contribution >= 4 is 5.97 Å². The Morgan fingerprint density at radius 1 is 1.83 bits per heavy atom. The first-order chi connectivity index (χ1) is 5.66. The molecule has 0 bridgehead atoms. The van der Waals surface area contributed by atoms with E-state index in [1.54, 1.807) is 6.92 Å². The van der Waals surface area contributed by atoms with Crippen LogP contribution in [0.2, 0.25) is 0 Å². The number of methoxy groups -OCH3 is 1. The minimum Gasteiger partial charge on any atom is -0.492 e. The van der Waals surface area contributed by atoms with E-state index in [4.69, 9.17) is 5.11 Å². The molecule has 1 heterocycles. The summed E-state index contributed by atoms with van der Waals surface area (Å²) in [5.41, 5.74) is 0.446. The van der Waals surface area contributed by atoms with Crippen LogP contribution in [0.15, 0.2) is 6.20 Å². The number of aromatic nitrogens is 2. The molecule has 1 unspecified atom stereocenters. The topological polar surface area (TPSA) is 75.2 Å². The smallest absolute Gasteiger partial charge is 0.313 e. The monoisotopic (exact) mass is 170 g/mol. The molecule has 1 aromatic heterocycles. The molecule has 0 saturated carbocycles. The van der Waals surface area contributed by atoms with Gasteiger partial charge in [-0.3, -0.25) is 9.89 Å². The first-order valence-corrected chi connectivity index (χ1v) is 3.47. The van der Waals surface area contributed by atoms with Crippen molar-refractivity contribution in [3.63, 3.8) is 0 Å². The van der Waals surface area contributed by atoms with Crippen molar-refractivity contribution in [1.29, 1.82) is 0 Å². The fourth-order valence-corrected chi connectivity index (χ4v) is 0.914. The number of aromatic hydroxyl groups is 1. The zero-order chi connectivity index (χ0) is 9.14. The van der Waals surface area contributed by atoms with E-state index in [0.29, 0.717) is 5.56 Å². The Bertz CT molecular complexity index is 282. The normalized spacial score (nSPS) is 12.5. The van der Waals surface area contributed by atoms with E-state index in [2.05, 4.69) is 14.9 Å². The Morgan fingerprint density at radius 3 is 2.92 bits per heavy atom. The fraction of sp³-hybridized carbons (Fsp3) is 0.429. The van der Waals surface area contributed by atoms with Gasteiger partial charge in [-0.25, -0.2) is 0 Å². The fourth-order valence-electron chi connectivity index (χ4n) is 0.914. The van der Waals surface area contributed by atoms with E-state index in [1.165, 1.54) is 13.3 Å². The highest BCUT2D eigenvalue weighted by molar-refractivity contribution is 5.78. The molecule has 1 atom stereocenters. The Kier molecular flexibility index (Phi) is 2.32. The highest BCUT2D eigenvalue weighted by Gasteiger charge is 2.20. The third-order valence-corrected chi connectivity index (χ3v) is 1.67. The van der Waals surface area contributed by atoms with E-state index in [-0.39, 0.29) is 5.88 Å². The number of rotatable bonds is 2. The first kappa shape index (κ1) is 8.58. The first-order valence-electron chi connectivity index (χ1n) is 3.47. The number of nitrogens with one attached hydrogen (secondary N) is 1. The number of ether oxygens (including phenoxy) is 1. The van der Waals surface area contributed by atoms with Gasteiger partial charge in [0.25, 0.3) is 0 Å². The zero-order valence-corrected chi connectivity index (χ0v) is 6.87. The van der Waals surface area contributed by atoms with Crippen molar-refractivity contribution in [2.45, 2.75) is 12.8 Å². The number of nitrogens with zero attached hydrogens (tertiary/aromatic N) is 1. The van der Waals surface area contributed by atoms with Crippen molar-refractivity contribution in [1.82, 2.24) is 10.2 Å². The predicted molar refractivity (Wildman–Crippen MR) is 40.7 cm³/mol. The van der Waals surface area contributed by atoms with Gasteiger partial charge in [-0.2, -0.15) is 0 Å². The summed E-state index contributed by atoms with van der Waals surface area (Å²) >= 11 is 0. The average Bonchev–Trinajstić information content (AvgIpc) is 2.48. The summed E-state index contributed by atoms with van der Waals surface area (Å²) in [6.45, 7) is 1.64. The molecular formula is C7H10N2O3. The van der Waals surface area contributed by atoms with Crippen LogP contribution in [0.3, 0.4) is 0 Å². The summed E-state index contributed by atoms with van der Waals surface area (Å²) < 4.78 is 4.50. The Morgan fingerprint density at radius 2 is 2.50 bits per heavy atom. The van der Waals surface area contributed by atoms with Crippen LogP contribution in [-0.4, -0.2) is 28.4 Å². The number of hydrogen-bond donors (Lipinski definition) is 2. The van der Waals surface area contributed by atoms with Gasteiger partial charge in [-0.15, -0.1) is 5.10 Å². The largest absolute Gasteiger partial charge is 0.492 e. The lowest BCUT2D eigenvalue weighted by Gasteiger charge is -2.05. The number of esters is 1. The third kappa shape index (κ3) is 1.39. The van der Waals surface area contributed by atoms with Crippen LogP contribution in [0.4, 0.5) is 0 Å². The van der Waals surface area contributed by atoms with Gasteiger partial charge in [0.1, 0.15) is 0 Å². The van der Waals surface area contributed by atoms with Gasteiger partial charge in [-0.1, -0.05) is 0 Å². The van der Waals surface area contributed by atoms with Gasteiger partial charge in [0.2, 0.25) is 5.88 Å². The zero-order valence-electron chi connectivity index (χ0n) is 6.87. The van der Waals surface area contributed by atoms with Crippen molar-refractivity contribution in [3.05, 3.63) is 11.8 Å². The Hall–Kier alpha value is -1.52. The van der Waals surface area contributed by atoms with Gasteiger partial charge >= 0.3 is 5.97 Å². The summed E-state index contributed by atoms with van der Waals surface area (Å²) in [5, 5.41) is 15.0. The Labute approximate surface area is 69.4 Å². The minimum absolute atomic E-state index is 0.159. The predicted octanol–water partition coefficient (Wildman–Crippen LogP) is 0.392. The average molecular weight is 170 g/mol.